The lowest BCUT2D eigenvalue weighted by Gasteiger charge is -2.09. The molecule has 16 heavy (non-hydrogen) atoms. The van der Waals surface area contributed by atoms with Crippen molar-refractivity contribution in [3.63, 3.8) is 0 Å². The van der Waals surface area contributed by atoms with Crippen LogP contribution < -0.4 is 10.5 Å². The Morgan fingerprint density at radius 2 is 2.12 bits per heavy atom. The summed E-state index contributed by atoms with van der Waals surface area (Å²) in [7, 11) is 3.02. The monoisotopic (exact) mass is 225 g/mol. The smallest absolute Gasteiger partial charge is 0.165 e. The van der Waals surface area contributed by atoms with Gasteiger partial charge < -0.3 is 15.2 Å². The summed E-state index contributed by atoms with van der Waals surface area (Å²) in [5.74, 6) is -0.170. The molecule has 4 heteroatoms. The van der Waals surface area contributed by atoms with E-state index in [2.05, 4.69) is 0 Å². The third-order valence-electron chi connectivity index (χ3n) is 2.15. The second kappa shape index (κ2) is 6.25. The number of hydrogen-bond donors (Lipinski definition) is 1. The van der Waals surface area contributed by atoms with Crippen LogP contribution in [0.1, 0.15) is 11.1 Å². The molecule has 0 spiro atoms. The van der Waals surface area contributed by atoms with Crippen LogP contribution in [0.2, 0.25) is 0 Å². The van der Waals surface area contributed by atoms with Crippen LogP contribution >= 0.6 is 0 Å². The zero-order valence-corrected chi connectivity index (χ0v) is 9.50. The standard InChI is InChI=1S/C12H16FNO2/c1-15-8-10-7-12(16-2)11(13)6-9(10)4-3-5-14/h3-4,6-7H,5,8,14H2,1-2H3/b4-3+. The fourth-order valence-electron chi connectivity index (χ4n) is 1.40. The van der Waals surface area contributed by atoms with Crippen LogP contribution in [-0.2, 0) is 11.3 Å². The summed E-state index contributed by atoms with van der Waals surface area (Å²) in [6.07, 6.45) is 3.54. The lowest BCUT2D eigenvalue weighted by molar-refractivity contribution is 0.184. The molecule has 2 N–H and O–H groups in total. The van der Waals surface area contributed by atoms with E-state index in [-0.39, 0.29) is 11.6 Å². The Bertz CT molecular complexity index is 378. The molecule has 88 valence electrons. The minimum atomic E-state index is -0.390. The Morgan fingerprint density at radius 1 is 1.38 bits per heavy atom. The van der Waals surface area contributed by atoms with E-state index in [4.69, 9.17) is 15.2 Å². The van der Waals surface area contributed by atoms with Crippen molar-refractivity contribution in [3.05, 3.63) is 35.2 Å². The first-order valence-electron chi connectivity index (χ1n) is 4.95. The summed E-state index contributed by atoms with van der Waals surface area (Å²) >= 11 is 0. The van der Waals surface area contributed by atoms with Gasteiger partial charge >= 0.3 is 0 Å². The fourth-order valence-corrected chi connectivity index (χ4v) is 1.40. The van der Waals surface area contributed by atoms with E-state index in [0.29, 0.717) is 13.2 Å². The third kappa shape index (κ3) is 3.05. The highest BCUT2D eigenvalue weighted by atomic mass is 19.1. The first-order chi connectivity index (χ1) is 7.72. The maximum atomic E-state index is 13.5. The van der Waals surface area contributed by atoms with Crippen LogP contribution in [0.3, 0.4) is 0 Å². The van der Waals surface area contributed by atoms with Crippen molar-refractivity contribution in [1.29, 1.82) is 0 Å². The summed E-state index contributed by atoms with van der Waals surface area (Å²) in [5.41, 5.74) is 6.98. The average Bonchev–Trinajstić information content (AvgIpc) is 2.29. The first kappa shape index (κ1) is 12.7. The Labute approximate surface area is 94.7 Å². The van der Waals surface area contributed by atoms with Gasteiger partial charge in [-0.05, 0) is 23.3 Å². The van der Waals surface area contributed by atoms with Crippen molar-refractivity contribution in [2.45, 2.75) is 6.61 Å². The maximum Gasteiger partial charge on any atom is 0.165 e. The van der Waals surface area contributed by atoms with E-state index in [0.717, 1.165) is 11.1 Å². The van der Waals surface area contributed by atoms with Gasteiger partial charge in [0.2, 0.25) is 0 Å². The highest BCUT2D eigenvalue weighted by Crippen LogP contribution is 2.23. The van der Waals surface area contributed by atoms with Crippen LogP contribution in [0.15, 0.2) is 18.2 Å². The van der Waals surface area contributed by atoms with Crippen molar-refractivity contribution in [2.75, 3.05) is 20.8 Å². The van der Waals surface area contributed by atoms with Crippen molar-refractivity contribution in [1.82, 2.24) is 0 Å². The number of benzene rings is 1. The Hall–Kier alpha value is -1.39. The quantitative estimate of drug-likeness (QED) is 0.833. The number of nitrogens with two attached hydrogens (primary N) is 1. The number of ether oxygens (including phenoxy) is 2. The predicted molar refractivity (Wildman–Crippen MR) is 61.8 cm³/mol. The van der Waals surface area contributed by atoms with Gasteiger partial charge in [-0.2, -0.15) is 0 Å². The van der Waals surface area contributed by atoms with Crippen molar-refractivity contribution < 1.29 is 13.9 Å². The SMILES string of the molecule is COCc1cc(OC)c(F)cc1/C=C/CN. The van der Waals surface area contributed by atoms with Gasteiger partial charge in [0.25, 0.3) is 0 Å². The zero-order chi connectivity index (χ0) is 12.0. The van der Waals surface area contributed by atoms with Crippen molar-refractivity contribution in [3.8, 4) is 5.75 Å². The lowest BCUT2D eigenvalue weighted by Crippen LogP contribution is -1.98. The summed E-state index contributed by atoms with van der Waals surface area (Å²) < 4.78 is 23.4. The molecule has 0 aliphatic carbocycles. The first-order valence-corrected chi connectivity index (χ1v) is 4.95. The van der Waals surface area contributed by atoms with Gasteiger partial charge in [0.15, 0.2) is 11.6 Å². The van der Waals surface area contributed by atoms with Crippen LogP contribution in [0.4, 0.5) is 4.39 Å². The van der Waals surface area contributed by atoms with Gasteiger partial charge in [0.1, 0.15) is 0 Å². The number of hydrogen-bond acceptors (Lipinski definition) is 3. The van der Waals surface area contributed by atoms with Gasteiger partial charge in [-0.1, -0.05) is 12.2 Å². The van der Waals surface area contributed by atoms with Crippen LogP contribution in [-0.4, -0.2) is 20.8 Å². The number of rotatable bonds is 5. The molecule has 1 rings (SSSR count). The molecular formula is C12H16FNO2. The van der Waals surface area contributed by atoms with Gasteiger partial charge in [-0.3, -0.25) is 0 Å². The van der Waals surface area contributed by atoms with E-state index in [1.165, 1.54) is 13.2 Å². The Balaban J connectivity index is 3.13. The summed E-state index contributed by atoms with van der Waals surface area (Å²) in [6.45, 7) is 0.820. The van der Waals surface area contributed by atoms with Gasteiger partial charge in [0, 0.05) is 13.7 Å². The second-order valence-corrected chi connectivity index (χ2v) is 3.26. The number of methoxy groups -OCH3 is 2. The molecule has 1 aromatic rings. The Kier molecular flexibility index (Phi) is 4.95. The molecule has 0 aliphatic rings. The molecule has 3 nitrogen and oxygen atoms in total. The predicted octanol–water partition coefficient (Wildman–Crippen LogP) is 1.95. The molecule has 0 fully saturated rings. The van der Waals surface area contributed by atoms with Gasteiger partial charge in [0.05, 0.1) is 13.7 Å². The summed E-state index contributed by atoms with van der Waals surface area (Å²) in [4.78, 5) is 0. The average molecular weight is 225 g/mol. The normalized spacial score (nSPS) is 11.0. The topological polar surface area (TPSA) is 44.5 Å². The third-order valence-corrected chi connectivity index (χ3v) is 2.15. The molecule has 0 aliphatic heterocycles. The van der Waals surface area contributed by atoms with E-state index in [1.807, 2.05) is 0 Å². The van der Waals surface area contributed by atoms with E-state index >= 15 is 0 Å². The molecule has 0 saturated carbocycles. The molecular weight excluding hydrogens is 209 g/mol. The zero-order valence-electron chi connectivity index (χ0n) is 9.50. The van der Waals surface area contributed by atoms with Crippen LogP contribution in [0, 0.1) is 5.82 Å². The molecule has 0 bridgehead atoms. The van der Waals surface area contributed by atoms with Crippen molar-refractivity contribution in [2.24, 2.45) is 5.73 Å². The molecule has 0 amide bonds. The maximum absolute atomic E-state index is 13.5. The molecule has 0 aromatic heterocycles. The molecule has 0 radical (unpaired) electrons. The number of halogens is 1. The highest BCUT2D eigenvalue weighted by molar-refractivity contribution is 5.56. The van der Waals surface area contributed by atoms with E-state index < -0.39 is 0 Å². The highest BCUT2D eigenvalue weighted by Gasteiger charge is 2.08. The minimum absolute atomic E-state index is 0.219. The molecule has 1 aromatic carbocycles. The molecule has 0 atom stereocenters. The molecule has 0 heterocycles. The minimum Gasteiger partial charge on any atom is -0.494 e. The molecule has 0 unspecified atom stereocenters. The lowest BCUT2D eigenvalue weighted by atomic mass is 10.1. The fraction of sp³-hybridized carbons (Fsp3) is 0.333. The van der Waals surface area contributed by atoms with E-state index in [9.17, 15) is 4.39 Å². The molecule has 0 saturated heterocycles. The summed E-state index contributed by atoms with van der Waals surface area (Å²) in [5, 5.41) is 0. The van der Waals surface area contributed by atoms with E-state index in [1.54, 1.807) is 25.3 Å². The van der Waals surface area contributed by atoms with Crippen molar-refractivity contribution >= 4 is 6.08 Å². The summed E-state index contributed by atoms with van der Waals surface area (Å²) in [6, 6.07) is 3.05. The van der Waals surface area contributed by atoms with Crippen LogP contribution in [0.5, 0.6) is 5.75 Å². The van der Waals surface area contributed by atoms with Gasteiger partial charge in [-0.25, -0.2) is 4.39 Å². The van der Waals surface area contributed by atoms with Gasteiger partial charge in [-0.15, -0.1) is 0 Å². The van der Waals surface area contributed by atoms with Crippen LogP contribution in [0.25, 0.3) is 6.08 Å². The largest absolute Gasteiger partial charge is 0.494 e. The second-order valence-electron chi connectivity index (χ2n) is 3.26. The Morgan fingerprint density at radius 3 is 2.69 bits per heavy atom.